The van der Waals surface area contributed by atoms with Crippen molar-refractivity contribution in [3.8, 4) is 5.75 Å². The average Bonchev–Trinajstić information content (AvgIpc) is 2.64. The SMILES string of the molecule is O=c1[nH]c(C(F)(F)F)nc2c1CN(CC1=C(Cl)c3cc(F)ccc3OC1)CC2. The Balaban J connectivity index is 1.58. The summed E-state index contributed by atoms with van der Waals surface area (Å²) in [6.45, 7) is 1.10. The fraction of sp³-hybridized carbons (Fsp3) is 0.333. The first kappa shape index (κ1) is 18.9. The van der Waals surface area contributed by atoms with E-state index in [0.717, 1.165) is 0 Å². The van der Waals surface area contributed by atoms with Crippen molar-refractivity contribution in [2.24, 2.45) is 0 Å². The van der Waals surface area contributed by atoms with Crippen LogP contribution in [0.15, 0.2) is 28.6 Å². The molecule has 10 heteroatoms. The molecular weight excluding hydrogens is 402 g/mol. The number of aromatic nitrogens is 2. The quantitative estimate of drug-likeness (QED) is 0.764. The van der Waals surface area contributed by atoms with Crippen LogP contribution in [0, 0.1) is 5.82 Å². The maximum atomic E-state index is 13.5. The van der Waals surface area contributed by atoms with Crippen molar-refractivity contribution in [2.75, 3.05) is 19.7 Å². The highest BCUT2D eigenvalue weighted by Gasteiger charge is 2.36. The minimum atomic E-state index is -4.70. The summed E-state index contributed by atoms with van der Waals surface area (Å²) in [5.41, 5.74) is 0.724. The van der Waals surface area contributed by atoms with Crippen LogP contribution in [0.2, 0.25) is 0 Å². The van der Waals surface area contributed by atoms with Crippen molar-refractivity contribution in [1.82, 2.24) is 14.9 Å². The lowest BCUT2D eigenvalue weighted by Gasteiger charge is -2.30. The van der Waals surface area contributed by atoms with Crippen LogP contribution in [0.5, 0.6) is 5.75 Å². The summed E-state index contributed by atoms with van der Waals surface area (Å²) >= 11 is 6.41. The Morgan fingerprint density at radius 1 is 1.32 bits per heavy atom. The summed E-state index contributed by atoms with van der Waals surface area (Å²) in [7, 11) is 0. The van der Waals surface area contributed by atoms with Gasteiger partial charge in [0.15, 0.2) is 0 Å². The lowest BCUT2D eigenvalue weighted by Crippen LogP contribution is -2.38. The molecule has 1 aromatic carbocycles. The van der Waals surface area contributed by atoms with E-state index in [9.17, 15) is 22.4 Å². The molecule has 0 saturated carbocycles. The number of halogens is 5. The third kappa shape index (κ3) is 3.51. The van der Waals surface area contributed by atoms with Gasteiger partial charge in [-0.1, -0.05) is 11.6 Å². The highest BCUT2D eigenvalue weighted by Crippen LogP contribution is 2.36. The molecule has 0 unspecified atom stereocenters. The Labute approximate surface area is 161 Å². The minimum Gasteiger partial charge on any atom is -0.488 e. The summed E-state index contributed by atoms with van der Waals surface area (Å²) in [5.74, 6) is -1.24. The number of hydrogen-bond donors (Lipinski definition) is 1. The predicted octanol–water partition coefficient (Wildman–Crippen LogP) is 3.33. The molecule has 2 aliphatic rings. The van der Waals surface area contributed by atoms with Gasteiger partial charge in [0.1, 0.15) is 18.2 Å². The molecule has 5 nitrogen and oxygen atoms in total. The van der Waals surface area contributed by atoms with E-state index < -0.39 is 23.4 Å². The number of hydrogen-bond acceptors (Lipinski definition) is 4. The molecule has 0 radical (unpaired) electrons. The summed E-state index contributed by atoms with van der Waals surface area (Å²) in [4.78, 5) is 19.4. The first-order valence-electron chi connectivity index (χ1n) is 8.44. The minimum absolute atomic E-state index is 0.138. The van der Waals surface area contributed by atoms with Gasteiger partial charge >= 0.3 is 6.18 Å². The normalized spacial score (nSPS) is 17.2. The number of ether oxygens (including phenoxy) is 1. The largest absolute Gasteiger partial charge is 0.488 e. The lowest BCUT2D eigenvalue weighted by molar-refractivity contribution is -0.145. The van der Waals surface area contributed by atoms with Gasteiger partial charge in [-0.3, -0.25) is 9.69 Å². The molecule has 0 bridgehead atoms. The van der Waals surface area contributed by atoms with Gasteiger partial charge < -0.3 is 9.72 Å². The fourth-order valence-electron chi connectivity index (χ4n) is 3.35. The highest BCUT2D eigenvalue weighted by molar-refractivity contribution is 6.49. The number of nitrogens with one attached hydrogen (secondary N) is 1. The number of benzene rings is 1. The van der Waals surface area contributed by atoms with Gasteiger partial charge in [0.25, 0.3) is 5.56 Å². The second-order valence-corrected chi connectivity index (χ2v) is 7.02. The number of fused-ring (bicyclic) bond motifs is 2. The summed E-state index contributed by atoms with van der Waals surface area (Å²) in [6, 6.07) is 4.07. The van der Waals surface area contributed by atoms with E-state index in [1.165, 1.54) is 18.2 Å². The maximum Gasteiger partial charge on any atom is 0.449 e. The first-order chi connectivity index (χ1) is 13.2. The van der Waals surface area contributed by atoms with Crippen molar-refractivity contribution >= 4 is 16.6 Å². The molecular formula is C18H14ClF4N3O2. The number of alkyl halides is 3. The Hall–Kier alpha value is -2.39. The van der Waals surface area contributed by atoms with Crippen LogP contribution in [0.3, 0.4) is 0 Å². The van der Waals surface area contributed by atoms with Crippen molar-refractivity contribution in [2.45, 2.75) is 19.1 Å². The highest BCUT2D eigenvalue weighted by atomic mass is 35.5. The molecule has 2 aromatic rings. The second-order valence-electron chi connectivity index (χ2n) is 6.64. The third-order valence-electron chi connectivity index (χ3n) is 4.72. The lowest BCUT2D eigenvalue weighted by atomic mass is 10.0. The number of H-pyrrole nitrogens is 1. The second kappa shape index (κ2) is 6.89. The van der Waals surface area contributed by atoms with Gasteiger partial charge in [-0.05, 0) is 18.2 Å². The molecule has 3 heterocycles. The van der Waals surface area contributed by atoms with E-state index in [1.54, 1.807) is 4.98 Å². The van der Waals surface area contributed by atoms with E-state index in [4.69, 9.17) is 16.3 Å². The molecule has 148 valence electrons. The summed E-state index contributed by atoms with van der Waals surface area (Å²) in [6.07, 6.45) is -4.49. The number of rotatable bonds is 2. The van der Waals surface area contributed by atoms with Gasteiger partial charge in [-0.2, -0.15) is 13.2 Å². The van der Waals surface area contributed by atoms with Crippen molar-refractivity contribution in [3.63, 3.8) is 0 Å². The molecule has 0 saturated heterocycles. The third-order valence-corrected chi connectivity index (χ3v) is 5.19. The Kier molecular flexibility index (Phi) is 4.67. The smallest absolute Gasteiger partial charge is 0.449 e. The van der Waals surface area contributed by atoms with E-state index in [1.807, 2.05) is 4.90 Å². The zero-order valence-electron chi connectivity index (χ0n) is 14.4. The van der Waals surface area contributed by atoms with Gasteiger partial charge in [0.05, 0.1) is 16.3 Å². The van der Waals surface area contributed by atoms with Gasteiger partial charge in [0, 0.05) is 37.2 Å². The van der Waals surface area contributed by atoms with Crippen LogP contribution in [-0.4, -0.2) is 34.6 Å². The van der Waals surface area contributed by atoms with Crippen LogP contribution >= 0.6 is 11.6 Å². The van der Waals surface area contributed by atoms with E-state index in [-0.39, 0.29) is 30.8 Å². The zero-order valence-corrected chi connectivity index (χ0v) is 15.1. The molecule has 2 aliphatic heterocycles. The maximum absolute atomic E-state index is 13.5. The molecule has 0 spiro atoms. The van der Waals surface area contributed by atoms with Crippen LogP contribution < -0.4 is 10.3 Å². The van der Waals surface area contributed by atoms with Gasteiger partial charge in [-0.25, -0.2) is 9.37 Å². The van der Waals surface area contributed by atoms with E-state index in [0.29, 0.717) is 35.0 Å². The van der Waals surface area contributed by atoms with Gasteiger partial charge in [-0.15, -0.1) is 0 Å². The van der Waals surface area contributed by atoms with Crippen molar-refractivity contribution in [1.29, 1.82) is 0 Å². The summed E-state index contributed by atoms with van der Waals surface area (Å²) < 4.78 is 57.6. The molecule has 0 aliphatic carbocycles. The molecule has 4 rings (SSSR count). The van der Waals surface area contributed by atoms with Crippen LogP contribution in [-0.2, 0) is 19.1 Å². The monoisotopic (exact) mass is 415 g/mol. The van der Waals surface area contributed by atoms with Crippen molar-refractivity contribution < 1.29 is 22.3 Å². The van der Waals surface area contributed by atoms with Crippen molar-refractivity contribution in [3.05, 3.63) is 62.6 Å². The summed E-state index contributed by atoms with van der Waals surface area (Å²) in [5, 5.41) is 0.381. The fourth-order valence-corrected chi connectivity index (χ4v) is 3.62. The Morgan fingerprint density at radius 3 is 2.86 bits per heavy atom. The van der Waals surface area contributed by atoms with Crippen LogP contribution in [0.4, 0.5) is 17.6 Å². The molecule has 0 amide bonds. The molecule has 1 N–H and O–H groups in total. The molecule has 1 aromatic heterocycles. The standard InChI is InChI=1S/C18H14ClF4N3O2/c19-15-9(8-28-14-2-1-10(20)5-11(14)15)6-26-4-3-13-12(7-26)16(27)25-17(24-13)18(21,22)23/h1-2,5H,3-4,6-8H2,(H,24,25,27). The predicted molar refractivity (Wildman–Crippen MR) is 93.5 cm³/mol. The molecule has 28 heavy (non-hydrogen) atoms. The van der Waals surface area contributed by atoms with Crippen LogP contribution in [0.25, 0.3) is 5.03 Å². The van der Waals surface area contributed by atoms with Gasteiger partial charge in [0.2, 0.25) is 5.82 Å². The van der Waals surface area contributed by atoms with E-state index >= 15 is 0 Å². The Bertz CT molecular complexity index is 1030. The Morgan fingerprint density at radius 2 is 2.11 bits per heavy atom. The molecule has 0 fully saturated rings. The first-order valence-corrected chi connectivity index (χ1v) is 8.82. The number of nitrogens with zero attached hydrogens (tertiary/aromatic N) is 2. The zero-order chi connectivity index (χ0) is 20.1. The molecule has 0 atom stereocenters. The average molecular weight is 416 g/mol. The van der Waals surface area contributed by atoms with E-state index in [2.05, 4.69) is 4.98 Å². The topological polar surface area (TPSA) is 58.2 Å². The van der Waals surface area contributed by atoms with Crippen LogP contribution in [0.1, 0.15) is 22.6 Å². The number of aromatic amines is 1.